The van der Waals surface area contributed by atoms with Gasteiger partial charge in [0, 0.05) is 60.9 Å². The minimum absolute atomic E-state index is 0.878. The smallest absolute Gasteiger partial charge is 0.0412 e. The zero-order chi connectivity index (χ0) is 25.4. The molecule has 1 fully saturated rings. The third-order valence-electron chi connectivity index (χ3n) is 7.07. The van der Waals surface area contributed by atoms with Gasteiger partial charge >= 0.3 is 0 Å². The van der Waals surface area contributed by atoms with E-state index in [4.69, 9.17) is 0 Å². The van der Waals surface area contributed by atoms with Crippen LogP contribution in [0, 0.1) is 13.8 Å². The maximum Gasteiger partial charge on any atom is 0.0412 e. The van der Waals surface area contributed by atoms with Crippen molar-refractivity contribution in [1.82, 2.24) is 15.1 Å². The standard InChI is InChI=1S/C31H44N4/c1-8-11-12-28-14-13-27(22-35-17-15-34(10-3)16-18-35)21-30(28)26(7)33-25(6)29-19-24(5)31(32-9-2)20-23(29)4/h9,13-14,19-21,32-33H,2,6-8,10-12,15-18,22H2,1,3-5H3. The number of aryl methyl sites for hydroxylation is 3. The Hall–Kier alpha value is -2.82. The molecule has 1 heterocycles. The summed E-state index contributed by atoms with van der Waals surface area (Å²) in [7, 11) is 0. The van der Waals surface area contributed by atoms with E-state index >= 15 is 0 Å². The molecule has 0 radical (unpaired) electrons. The van der Waals surface area contributed by atoms with E-state index in [0.717, 1.165) is 79.5 Å². The van der Waals surface area contributed by atoms with Crippen LogP contribution in [0.3, 0.4) is 0 Å². The van der Waals surface area contributed by atoms with Gasteiger partial charge in [-0.15, -0.1) is 0 Å². The Labute approximate surface area is 213 Å². The molecule has 0 atom stereocenters. The molecule has 1 aliphatic heterocycles. The van der Waals surface area contributed by atoms with E-state index in [1.54, 1.807) is 6.20 Å². The third-order valence-corrected chi connectivity index (χ3v) is 7.07. The van der Waals surface area contributed by atoms with Crippen LogP contribution in [0.2, 0.25) is 0 Å². The van der Waals surface area contributed by atoms with Crippen molar-refractivity contribution in [2.24, 2.45) is 0 Å². The molecule has 0 spiro atoms. The van der Waals surface area contributed by atoms with E-state index < -0.39 is 0 Å². The first-order valence-corrected chi connectivity index (χ1v) is 13.1. The number of unbranched alkanes of at least 4 members (excludes halogenated alkanes) is 1. The molecule has 0 aromatic heterocycles. The summed E-state index contributed by atoms with van der Waals surface area (Å²) >= 11 is 0. The van der Waals surface area contributed by atoms with E-state index in [1.807, 2.05) is 0 Å². The minimum Gasteiger partial charge on any atom is -0.362 e. The molecule has 0 bridgehead atoms. The van der Waals surface area contributed by atoms with Gasteiger partial charge in [-0.1, -0.05) is 52.1 Å². The normalized spacial score (nSPS) is 14.5. The number of hydrogen-bond donors (Lipinski definition) is 2. The van der Waals surface area contributed by atoms with E-state index in [0.29, 0.717) is 0 Å². The summed E-state index contributed by atoms with van der Waals surface area (Å²) in [5.41, 5.74) is 10.2. The fourth-order valence-electron chi connectivity index (χ4n) is 4.83. The van der Waals surface area contributed by atoms with Crippen molar-refractivity contribution < 1.29 is 0 Å². The van der Waals surface area contributed by atoms with Crippen LogP contribution in [-0.2, 0) is 13.0 Å². The molecule has 4 heteroatoms. The van der Waals surface area contributed by atoms with Gasteiger partial charge in [0.1, 0.15) is 0 Å². The molecule has 2 N–H and O–H groups in total. The van der Waals surface area contributed by atoms with Crippen molar-refractivity contribution in [3.05, 3.63) is 89.6 Å². The van der Waals surface area contributed by atoms with Crippen LogP contribution < -0.4 is 10.6 Å². The Kier molecular flexibility index (Phi) is 9.76. The molecule has 3 rings (SSSR count). The van der Waals surface area contributed by atoms with Crippen LogP contribution in [0.25, 0.3) is 11.4 Å². The minimum atomic E-state index is 0.878. The largest absolute Gasteiger partial charge is 0.362 e. The van der Waals surface area contributed by atoms with Gasteiger partial charge in [-0.2, -0.15) is 0 Å². The Morgan fingerprint density at radius 3 is 2.26 bits per heavy atom. The monoisotopic (exact) mass is 472 g/mol. The maximum atomic E-state index is 4.45. The summed E-state index contributed by atoms with van der Waals surface area (Å²) in [6, 6.07) is 11.3. The quantitative estimate of drug-likeness (QED) is 0.366. The van der Waals surface area contributed by atoms with Crippen molar-refractivity contribution in [1.29, 1.82) is 0 Å². The Morgan fingerprint density at radius 2 is 1.60 bits per heavy atom. The highest BCUT2D eigenvalue weighted by Gasteiger charge is 2.17. The molecule has 2 aromatic rings. The second-order valence-corrected chi connectivity index (χ2v) is 9.72. The fourth-order valence-corrected chi connectivity index (χ4v) is 4.83. The van der Waals surface area contributed by atoms with Gasteiger partial charge in [0.2, 0.25) is 0 Å². The Morgan fingerprint density at radius 1 is 0.914 bits per heavy atom. The molecule has 0 amide bonds. The Bertz CT molecular complexity index is 1040. The zero-order valence-corrected chi connectivity index (χ0v) is 22.3. The second kappa shape index (κ2) is 12.8. The number of anilines is 1. The first kappa shape index (κ1) is 26.8. The van der Waals surface area contributed by atoms with E-state index in [2.05, 4.69) is 98.2 Å². The van der Waals surface area contributed by atoms with E-state index in [9.17, 15) is 0 Å². The first-order chi connectivity index (χ1) is 16.9. The van der Waals surface area contributed by atoms with Gasteiger partial charge < -0.3 is 15.5 Å². The van der Waals surface area contributed by atoms with Crippen LogP contribution in [-0.4, -0.2) is 42.5 Å². The number of benzene rings is 2. The van der Waals surface area contributed by atoms with Crippen LogP contribution in [0.15, 0.2) is 56.3 Å². The number of hydrogen-bond acceptors (Lipinski definition) is 4. The first-order valence-electron chi connectivity index (χ1n) is 13.1. The average Bonchev–Trinajstić information content (AvgIpc) is 2.85. The van der Waals surface area contributed by atoms with E-state index in [1.165, 1.54) is 29.5 Å². The molecule has 0 unspecified atom stereocenters. The van der Waals surface area contributed by atoms with Crippen molar-refractivity contribution in [2.75, 3.05) is 38.0 Å². The Balaban J connectivity index is 1.78. The van der Waals surface area contributed by atoms with Crippen LogP contribution in [0.1, 0.15) is 60.1 Å². The average molecular weight is 473 g/mol. The highest BCUT2D eigenvalue weighted by molar-refractivity contribution is 5.78. The van der Waals surface area contributed by atoms with Crippen molar-refractivity contribution in [3.8, 4) is 0 Å². The van der Waals surface area contributed by atoms with E-state index in [-0.39, 0.29) is 0 Å². The van der Waals surface area contributed by atoms with Crippen molar-refractivity contribution >= 4 is 17.1 Å². The fraction of sp³-hybridized carbons (Fsp3) is 0.419. The van der Waals surface area contributed by atoms with Crippen LogP contribution >= 0.6 is 0 Å². The lowest BCUT2D eigenvalue weighted by molar-refractivity contribution is 0.132. The zero-order valence-electron chi connectivity index (χ0n) is 22.3. The molecule has 1 aliphatic rings. The number of nitrogens with one attached hydrogen (secondary N) is 2. The number of nitrogens with zero attached hydrogens (tertiary/aromatic N) is 2. The van der Waals surface area contributed by atoms with Gasteiger partial charge in [0.25, 0.3) is 0 Å². The second-order valence-electron chi connectivity index (χ2n) is 9.72. The summed E-state index contributed by atoms with van der Waals surface area (Å²) < 4.78 is 0. The summed E-state index contributed by atoms with van der Waals surface area (Å²) in [5.74, 6) is 0. The molecular formula is C31H44N4. The highest BCUT2D eigenvalue weighted by Crippen LogP contribution is 2.27. The predicted molar refractivity (Wildman–Crippen MR) is 153 cm³/mol. The van der Waals surface area contributed by atoms with Crippen molar-refractivity contribution in [3.63, 3.8) is 0 Å². The van der Waals surface area contributed by atoms with Gasteiger partial charge in [-0.3, -0.25) is 4.90 Å². The maximum absolute atomic E-state index is 4.45. The topological polar surface area (TPSA) is 30.5 Å². The predicted octanol–water partition coefficient (Wildman–Crippen LogP) is 6.57. The van der Waals surface area contributed by atoms with Gasteiger partial charge in [-0.25, -0.2) is 0 Å². The molecule has 1 saturated heterocycles. The molecule has 4 nitrogen and oxygen atoms in total. The lowest BCUT2D eigenvalue weighted by Crippen LogP contribution is -2.45. The number of likely N-dealkylation sites (N-methyl/N-ethyl adjacent to an activating group) is 1. The molecule has 0 aliphatic carbocycles. The molecule has 2 aromatic carbocycles. The molecule has 0 saturated carbocycles. The van der Waals surface area contributed by atoms with Crippen LogP contribution in [0.5, 0.6) is 0 Å². The van der Waals surface area contributed by atoms with Gasteiger partial charge in [0.15, 0.2) is 0 Å². The lowest BCUT2D eigenvalue weighted by Gasteiger charge is -2.34. The molecular weight excluding hydrogens is 428 g/mol. The number of rotatable bonds is 12. The van der Waals surface area contributed by atoms with Gasteiger partial charge in [0.05, 0.1) is 0 Å². The molecule has 188 valence electrons. The third kappa shape index (κ3) is 7.09. The lowest BCUT2D eigenvalue weighted by atomic mass is 9.96. The molecule has 35 heavy (non-hydrogen) atoms. The SMILES string of the molecule is C=CNc1cc(C)c(C(=C)NC(=C)c2cc(CN3CCN(CC)CC3)ccc2CCCC)cc1C. The van der Waals surface area contributed by atoms with Crippen LogP contribution in [0.4, 0.5) is 5.69 Å². The summed E-state index contributed by atoms with van der Waals surface area (Å²) in [6.07, 6.45) is 5.13. The summed E-state index contributed by atoms with van der Waals surface area (Å²) in [4.78, 5) is 5.09. The number of piperazine rings is 1. The highest BCUT2D eigenvalue weighted by atomic mass is 15.3. The van der Waals surface area contributed by atoms with Crippen molar-refractivity contribution in [2.45, 2.75) is 53.5 Å². The summed E-state index contributed by atoms with van der Waals surface area (Å²) in [5, 5.41) is 6.75. The van der Waals surface area contributed by atoms with Gasteiger partial charge in [-0.05, 0) is 79.9 Å². The summed E-state index contributed by atoms with van der Waals surface area (Å²) in [6.45, 7) is 28.0.